The van der Waals surface area contributed by atoms with Crippen LogP contribution in [0.3, 0.4) is 0 Å². The van der Waals surface area contributed by atoms with Gasteiger partial charge in [0.15, 0.2) is 0 Å². The van der Waals surface area contributed by atoms with Gasteiger partial charge < -0.3 is 10.2 Å². The van der Waals surface area contributed by atoms with Crippen molar-refractivity contribution in [2.45, 2.75) is 18.8 Å². The number of hydrogen-bond acceptors (Lipinski definition) is 2. The number of phenols is 2. The molecule has 0 amide bonds. The fraction of sp³-hybridized carbons (Fsp3) is 0.188. The van der Waals surface area contributed by atoms with Gasteiger partial charge in [0.1, 0.15) is 11.5 Å². The molecule has 0 spiro atoms. The predicted octanol–water partition coefficient (Wildman–Crippen LogP) is 3.26. The van der Waals surface area contributed by atoms with Gasteiger partial charge in [0, 0.05) is 6.42 Å². The van der Waals surface area contributed by atoms with Crippen molar-refractivity contribution in [2.75, 3.05) is 0 Å². The number of benzene rings is 2. The van der Waals surface area contributed by atoms with Crippen LogP contribution in [0.4, 0.5) is 0 Å². The molecule has 2 radical (unpaired) electrons. The maximum absolute atomic E-state index is 9.45. The average Bonchev–Trinajstić information content (AvgIpc) is 2.39. The van der Waals surface area contributed by atoms with Crippen molar-refractivity contribution >= 4 is 0 Å². The molecule has 90 valence electrons. The summed E-state index contributed by atoms with van der Waals surface area (Å²) in [5.74, 6) is 0.876. The van der Waals surface area contributed by atoms with Crippen molar-refractivity contribution in [2.24, 2.45) is 0 Å². The first-order chi connectivity index (χ1) is 8.72. The number of aromatic hydroxyl groups is 2. The maximum atomic E-state index is 9.45. The fourth-order valence-corrected chi connectivity index (χ4v) is 2.44. The Morgan fingerprint density at radius 1 is 0.944 bits per heavy atom. The van der Waals surface area contributed by atoms with Crippen molar-refractivity contribution in [1.82, 2.24) is 0 Å². The van der Waals surface area contributed by atoms with Crippen molar-refractivity contribution in [3.8, 4) is 11.5 Å². The number of phenolic OH excluding ortho intramolecular Hbond substituents is 2. The van der Waals surface area contributed by atoms with Crippen LogP contribution in [0.2, 0.25) is 0 Å². The van der Waals surface area contributed by atoms with Gasteiger partial charge in [-0.3, -0.25) is 0 Å². The molecule has 0 aromatic heterocycles. The standard InChI is InChI=1S/C16H14O2/c17-15-6-3-11(4-7-15)12-1-2-14-10-16(18)8-5-13(14)9-12/h3-8,10,12,17-18H,1-2H2. The second kappa shape index (κ2) is 4.37. The lowest BCUT2D eigenvalue weighted by atomic mass is 9.80. The Labute approximate surface area is 107 Å². The third kappa shape index (κ3) is 2.06. The summed E-state index contributed by atoms with van der Waals surface area (Å²) in [7, 11) is 0. The van der Waals surface area contributed by atoms with Crippen molar-refractivity contribution < 1.29 is 10.2 Å². The van der Waals surface area contributed by atoms with E-state index in [-0.39, 0.29) is 5.92 Å². The third-order valence-electron chi connectivity index (χ3n) is 3.42. The Hall–Kier alpha value is -1.96. The molecule has 2 aromatic carbocycles. The Morgan fingerprint density at radius 3 is 2.44 bits per heavy atom. The molecule has 2 N–H and O–H groups in total. The molecular formula is C16H14O2. The van der Waals surface area contributed by atoms with E-state index in [1.807, 2.05) is 24.3 Å². The van der Waals surface area contributed by atoms with E-state index in [1.54, 1.807) is 18.2 Å². The zero-order chi connectivity index (χ0) is 12.5. The molecule has 0 saturated heterocycles. The highest BCUT2D eigenvalue weighted by Gasteiger charge is 2.21. The first-order valence-corrected chi connectivity index (χ1v) is 6.10. The molecule has 2 nitrogen and oxygen atoms in total. The van der Waals surface area contributed by atoms with E-state index < -0.39 is 0 Å². The highest BCUT2D eigenvalue weighted by Crippen LogP contribution is 2.35. The van der Waals surface area contributed by atoms with Crippen LogP contribution in [0, 0.1) is 6.42 Å². The van der Waals surface area contributed by atoms with Crippen LogP contribution >= 0.6 is 0 Å². The van der Waals surface area contributed by atoms with Crippen molar-refractivity contribution in [3.63, 3.8) is 0 Å². The highest BCUT2D eigenvalue weighted by atomic mass is 16.3. The van der Waals surface area contributed by atoms with E-state index in [0.717, 1.165) is 24.0 Å². The zero-order valence-corrected chi connectivity index (χ0v) is 9.93. The van der Waals surface area contributed by atoms with Crippen LogP contribution in [-0.2, 0) is 6.42 Å². The summed E-state index contributed by atoms with van der Waals surface area (Å²) in [5.41, 5.74) is 3.41. The Morgan fingerprint density at radius 2 is 1.67 bits per heavy atom. The van der Waals surface area contributed by atoms with Crippen LogP contribution in [0.15, 0.2) is 42.5 Å². The zero-order valence-electron chi connectivity index (χ0n) is 9.93. The molecule has 2 aromatic rings. The smallest absolute Gasteiger partial charge is 0.115 e. The van der Waals surface area contributed by atoms with Crippen molar-refractivity contribution in [1.29, 1.82) is 0 Å². The molecule has 0 aliphatic heterocycles. The van der Waals surface area contributed by atoms with Crippen LogP contribution in [0.25, 0.3) is 0 Å². The molecule has 2 heteroatoms. The second-order valence-corrected chi connectivity index (χ2v) is 4.67. The first kappa shape index (κ1) is 11.1. The van der Waals surface area contributed by atoms with Gasteiger partial charge in [0.2, 0.25) is 0 Å². The van der Waals surface area contributed by atoms with Crippen molar-refractivity contribution in [3.05, 3.63) is 65.6 Å². The Bertz CT molecular complexity index is 558. The Balaban J connectivity index is 1.86. The van der Waals surface area contributed by atoms with Gasteiger partial charge in [0.25, 0.3) is 0 Å². The normalized spacial score (nSPS) is 18.3. The lowest BCUT2D eigenvalue weighted by Gasteiger charge is -2.24. The summed E-state index contributed by atoms with van der Waals surface area (Å²) in [6.45, 7) is 0. The first-order valence-electron chi connectivity index (χ1n) is 6.10. The SMILES string of the molecule is Oc1ccc(C2[C]c3ccc(O)cc3CC2)cc1. The molecule has 0 saturated carbocycles. The molecule has 1 atom stereocenters. The van der Waals surface area contributed by atoms with E-state index in [1.165, 1.54) is 5.56 Å². The number of hydrogen-bond donors (Lipinski definition) is 2. The minimum Gasteiger partial charge on any atom is -0.508 e. The lowest BCUT2D eigenvalue weighted by molar-refractivity contribution is 0.472. The minimum absolute atomic E-state index is 0.266. The largest absolute Gasteiger partial charge is 0.508 e. The second-order valence-electron chi connectivity index (χ2n) is 4.67. The number of rotatable bonds is 1. The van der Waals surface area contributed by atoms with Gasteiger partial charge in [-0.25, -0.2) is 0 Å². The molecule has 3 rings (SSSR count). The topological polar surface area (TPSA) is 40.5 Å². The van der Waals surface area contributed by atoms with Crippen LogP contribution in [0.5, 0.6) is 11.5 Å². The van der Waals surface area contributed by atoms with E-state index in [9.17, 15) is 10.2 Å². The molecule has 1 unspecified atom stereocenters. The molecule has 0 fully saturated rings. The summed E-state index contributed by atoms with van der Waals surface area (Å²) in [5, 5.41) is 18.7. The van der Waals surface area contributed by atoms with Gasteiger partial charge in [-0.2, -0.15) is 0 Å². The number of aryl methyl sites for hydroxylation is 1. The van der Waals surface area contributed by atoms with E-state index >= 15 is 0 Å². The molecule has 18 heavy (non-hydrogen) atoms. The van der Waals surface area contributed by atoms with Crippen LogP contribution in [0.1, 0.15) is 29.0 Å². The van der Waals surface area contributed by atoms with Crippen LogP contribution < -0.4 is 0 Å². The summed E-state index contributed by atoms with van der Waals surface area (Å²) in [4.78, 5) is 0. The fourth-order valence-electron chi connectivity index (χ4n) is 2.44. The van der Waals surface area contributed by atoms with Gasteiger partial charge >= 0.3 is 0 Å². The van der Waals surface area contributed by atoms with E-state index in [4.69, 9.17) is 0 Å². The van der Waals surface area contributed by atoms with Gasteiger partial charge in [-0.05, 0) is 59.7 Å². The number of fused-ring (bicyclic) bond motifs is 1. The van der Waals surface area contributed by atoms with Gasteiger partial charge in [-0.1, -0.05) is 18.2 Å². The van der Waals surface area contributed by atoms with Crippen LogP contribution in [-0.4, -0.2) is 10.2 Å². The van der Waals surface area contributed by atoms with E-state index in [0.29, 0.717) is 11.5 Å². The molecule has 1 aliphatic carbocycles. The molecule has 1 aliphatic rings. The Kier molecular flexibility index (Phi) is 2.71. The summed E-state index contributed by atoms with van der Waals surface area (Å²) in [6.07, 6.45) is 5.40. The van der Waals surface area contributed by atoms with Gasteiger partial charge in [0.05, 0.1) is 0 Å². The summed E-state index contributed by atoms with van der Waals surface area (Å²) < 4.78 is 0. The van der Waals surface area contributed by atoms with E-state index in [2.05, 4.69) is 6.42 Å². The minimum atomic E-state index is 0.266. The molecular weight excluding hydrogens is 224 g/mol. The molecule has 0 bridgehead atoms. The molecule has 0 heterocycles. The highest BCUT2D eigenvalue weighted by molar-refractivity contribution is 5.44. The third-order valence-corrected chi connectivity index (χ3v) is 3.42. The lowest BCUT2D eigenvalue weighted by Crippen LogP contribution is -2.10. The van der Waals surface area contributed by atoms with Gasteiger partial charge in [-0.15, -0.1) is 0 Å². The maximum Gasteiger partial charge on any atom is 0.115 e. The summed E-state index contributed by atoms with van der Waals surface area (Å²) in [6, 6.07) is 12.7. The average molecular weight is 238 g/mol. The predicted molar refractivity (Wildman–Crippen MR) is 69.6 cm³/mol. The summed E-state index contributed by atoms with van der Waals surface area (Å²) >= 11 is 0. The monoisotopic (exact) mass is 238 g/mol. The quantitative estimate of drug-likeness (QED) is 0.800.